The van der Waals surface area contributed by atoms with Crippen molar-refractivity contribution in [2.45, 2.75) is 32.5 Å². The van der Waals surface area contributed by atoms with E-state index in [1.165, 1.54) is 0 Å². The molecule has 1 aliphatic rings. The Morgan fingerprint density at radius 3 is 2.94 bits per heavy atom. The second kappa shape index (κ2) is 3.45. The molecule has 0 bridgehead atoms. The average molecular weight is 222 g/mol. The van der Waals surface area contributed by atoms with Crippen molar-refractivity contribution in [2.75, 3.05) is 5.73 Å². The van der Waals surface area contributed by atoms with Crippen molar-refractivity contribution in [1.82, 2.24) is 4.98 Å². The molecule has 0 aliphatic carbocycles. The molecule has 0 unspecified atom stereocenters. The number of anilines is 1. The first kappa shape index (κ1) is 10.9. The van der Waals surface area contributed by atoms with Crippen LogP contribution >= 0.6 is 0 Å². The van der Waals surface area contributed by atoms with Crippen LogP contribution in [0.3, 0.4) is 0 Å². The third kappa shape index (κ3) is 1.86. The largest absolute Gasteiger partial charge is 0.478 e. The fourth-order valence-corrected chi connectivity index (χ4v) is 1.79. The minimum atomic E-state index is -1.06. The minimum absolute atomic E-state index is 0.0436. The molecule has 1 aliphatic heterocycles. The number of nitrogens with zero attached hydrogens (tertiary/aromatic N) is 1. The number of carboxylic acids is 1. The number of ether oxygens (including phenoxy) is 1. The average Bonchev–Trinajstić information content (AvgIpc) is 2.14. The van der Waals surface area contributed by atoms with Gasteiger partial charge < -0.3 is 15.6 Å². The summed E-state index contributed by atoms with van der Waals surface area (Å²) in [6.45, 7) is 4.33. The zero-order valence-corrected chi connectivity index (χ0v) is 9.28. The first-order valence-electron chi connectivity index (χ1n) is 5.04. The van der Waals surface area contributed by atoms with Crippen LogP contribution in [0.4, 0.5) is 5.82 Å². The molecule has 1 aromatic heterocycles. The zero-order chi connectivity index (χ0) is 11.9. The van der Waals surface area contributed by atoms with Gasteiger partial charge in [-0.2, -0.15) is 0 Å². The van der Waals surface area contributed by atoms with Crippen molar-refractivity contribution in [3.8, 4) is 0 Å². The first-order valence-corrected chi connectivity index (χ1v) is 5.04. The van der Waals surface area contributed by atoms with E-state index in [1.54, 1.807) is 6.07 Å². The van der Waals surface area contributed by atoms with Gasteiger partial charge in [-0.1, -0.05) is 0 Å². The SMILES string of the molecule is CC1(C)Cc2nc(N)c(C(=O)O)cc2CO1. The molecule has 1 aromatic rings. The predicted molar refractivity (Wildman–Crippen MR) is 58.2 cm³/mol. The van der Waals surface area contributed by atoms with Crippen LogP contribution in [0.1, 0.15) is 35.5 Å². The Morgan fingerprint density at radius 2 is 2.31 bits per heavy atom. The summed E-state index contributed by atoms with van der Waals surface area (Å²) in [7, 11) is 0. The molecule has 5 nitrogen and oxygen atoms in total. The van der Waals surface area contributed by atoms with Crippen LogP contribution in [0.2, 0.25) is 0 Å². The van der Waals surface area contributed by atoms with Crippen LogP contribution in [0, 0.1) is 0 Å². The Morgan fingerprint density at radius 1 is 1.62 bits per heavy atom. The monoisotopic (exact) mass is 222 g/mol. The van der Waals surface area contributed by atoms with E-state index in [0.717, 1.165) is 11.3 Å². The predicted octanol–water partition coefficient (Wildman–Crippen LogP) is 1.21. The molecular weight excluding hydrogens is 208 g/mol. The molecule has 0 amide bonds. The molecule has 16 heavy (non-hydrogen) atoms. The van der Waals surface area contributed by atoms with Crippen molar-refractivity contribution in [2.24, 2.45) is 0 Å². The third-order valence-electron chi connectivity index (χ3n) is 2.66. The maximum Gasteiger partial charge on any atom is 0.339 e. The summed E-state index contributed by atoms with van der Waals surface area (Å²) >= 11 is 0. The summed E-state index contributed by atoms with van der Waals surface area (Å²) in [5, 5.41) is 8.91. The summed E-state index contributed by atoms with van der Waals surface area (Å²) in [4.78, 5) is 15.0. The molecular formula is C11H14N2O3. The van der Waals surface area contributed by atoms with E-state index in [9.17, 15) is 4.79 Å². The van der Waals surface area contributed by atoms with Crippen molar-refractivity contribution in [3.63, 3.8) is 0 Å². The molecule has 0 atom stereocenters. The fourth-order valence-electron chi connectivity index (χ4n) is 1.79. The topological polar surface area (TPSA) is 85.4 Å². The third-order valence-corrected chi connectivity index (χ3v) is 2.66. The van der Waals surface area contributed by atoms with Crippen LogP contribution in [0.15, 0.2) is 6.07 Å². The molecule has 0 fully saturated rings. The van der Waals surface area contributed by atoms with Gasteiger partial charge in [0, 0.05) is 12.0 Å². The summed E-state index contributed by atoms with van der Waals surface area (Å²) in [5.74, 6) is -0.985. The van der Waals surface area contributed by atoms with Crippen LogP contribution in [0.5, 0.6) is 0 Å². The Labute approximate surface area is 93.2 Å². The smallest absolute Gasteiger partial charge is 0.339 e. The van der Waals surface area contributed by atoms with E-state index in [4.69, 9.17) is 15.6 Å². The maximum absolute atomic E-state index is 10.9. The highest BCUT2D eigenvalue weighted by Crippen LogP contribution is 2.28. The van der Waals surface area contributed by atoms with E-state index < -0.39 is 5.97 Å². The lowest BCUT2D eigenvalue weighted by Crippen LogP contribution is -2.33. The second-order valence-electron chi connectivity index (χ2n) is 4.56. The number of nitrogen functional groups attached to an aromatic ring is 1. The van der Waals surface area contributed by atoms with E-state index in [2.05, 4.69) is 4.98 Å². The number of carboxylic acid groups (broad SMARTS) is 1. The van der Waals surface area contributed by atoms with Gasteiger partial charge in [0.25, 0.3) is 0 Å². The molecule has 86 valence electrons. The molecule has 0 saturated heterocycles. The lowest BCUT2D eigenvalue weighted by atomic mass is 9.95. The lowest BCUT2D eigenvalue weighted by molar-refractivity contribution is -0.0412. The van der Waals surface area contributed by atoms with Gasteiger partial charge in [0.2, 0.25) is 0 Å². The van der Waals surface area contributed by atoms with Gasteiger partial charge in [0.15, 0.2) is 0 Å². The van der Waals surface area contributed by atoms with Crippen molar-refractivity contribution < 1.29 is 14.6 Å². The number of rotatable bonds is 1. The second-order valence-corrected chi connectivity index (χ2v) is 4.56. The molecule has 2 rings (SSSR count). The van der Waals surface area contributed by atoms with Crippen LogP contribution < -0.4 is 5.73 Å². The van der Waals surface area contributed by atoms with Crippen molar-refractivity contribution in [1.29, 1.82) is 0 Å². The van der Waals surface area contributed by atoms with Gasteiger partial charge >= 0.3 is 5.97 Å². The molecule has 0 saturated carbocycles. The van der Waals surface area contributed by atoms with Gasteiger partial charge in [-0.15, -0.1) is 0 Å². The highest BCUT2D eigenvalue weighted by Gasteiger charge is 2.28. The van der Waals surface area contributed by atoms with Crippen LogP contribution in [-0.4, -0.2) is 21.7 Å². The van der Waals surface area contributed by atoms with E-state index in [-0.39, 0.29) is 17.0 Å². The van der Waals surface area contributed by atoms with Crippen LogP contribution in [0.25, 0.3) is 0 Å². The summed E-state index contributed by atoms with van der Waals surface area (Å²) < 4.78 is 5.59. The molecule has 0 radical (unpaired) electrons. The van der Waals surface area contributed by atoms with Gasteiger partial charge in [0.05, 0.1) is 17.9 Å². The quantitative estimate of drug-likeness (QED) is 0.746. The van der Waals surface area contributed by atoms with E-state index in [1.807, 2.05) is 13.8 Å². The summed E-state index contributed by atoms with van der Waals surface area (Å²) in [6, 6.07) is 1.55. The number of aromatic carboxylic acids is 1. The summed E-state index contributed by atoms with van der Waals surface area (Å²) in [6.07, 6.45) is 0.645. The molecule has 5 heteroatoms. The minimum Gasteiger partial charge on any atom is -0.478 e. The highest BCUT2D eigenvalue weighted by atomic mass is 16.5. The molecule has 2 heterocycles. The lowest BCUT2D eigenvalue weighted by Gasteiger charge is -2.31. The normalized spacial score (nSPS) is 17.9. The van der Waals surface area contributed by atoms with Crippen molar-refractivity contribution >= 4 is 11.8 Å². The Hall–Kier alpha value is -1.62. The number of hydrogen-bond donors (Lipinski definition) is 2. The summed E-state index contributed by atoms with van der Waals surface area (Å²) in [5.41, 5.74) is 7.02. The number of aromatic nitrogens is 1. The fraction of sp³-hybridized carbons (Fsp3) is 0.455. The van der Waals surface area contributed by atoms with E-state index in [0.29, 0.717) is 13.0 Å². The molecule has 0 aromatic carbocycles. The molecule has 3 N–H and O–H groups in total. The maximum atomic E-state index is 10.9. The van der Waals surface area contributed by atoms with E-state index >= 15 is 0 Å². The standard InChI is InChI=1S/C11H14N2O3/c1-11(2)4-8-6(5-16-11)3-7(10(14)15)9(12)13-8/h3H,4-5H2,1-2H3,(H2,12,13)(H,14,15). The number of carbonyl (C=O) groups is 1. The number of nitrogens with two attached hydrogens (primary N) is 1. The number of fused-ring (bicyclic) bond motifs is 1. The van der Waals surface area contributed by atoms with Gasteiger partial charge in [-0.3, -0.25) is 0 Å². The van der Waals surface area contributed by atoms with Gasteiger partial charge in [-0.05, 0) is 19.9 Å². The Bertz CT molecular complexity index is 455. The number of pyridine rings is 1. The van der Waals surface area contributed by atoms with Gasteiger partial charge in [-0.25, -0.2) is 9.78 Å². The van der Waals surface area contributed by atoms with Crippen LogP contribution in [-0.2, 0) is 17.8 Å². The molecule has 0 spiro atoms. The zero-order valence-electron chi connectivity index (χ0n) is 9.28. The number of hydrogen-bond acceptors (Lipinski definition) is 4. The highest BCUT2D eigenvalue weighted by molar-refractivity contribution is 5.92. The van der Waals surface area contributed by atoms with Gasteiger partial charge in [0.1, 0.15) is 11.4 Å². The first-order chi connectivity index (χ1) is 7.39. The Balaban J connectivity index is 2.46. The van der Waals surface area contributed by atoms with Crippen molar-refractivity contribution in [3.05, 3.63) is 22.9 Å². The Kier molecular flexibility index (Phi) is 2.35.